The molecule has 6 heteroatoms. The van der Waals surface area contributed by atoms with Gasteiger partial charge in [-0.15, -0.1) is 0 Å². The highest BCUT2D eigenvalue weighted by Gasteiger charge is 2.21. The zero-order valence-corrected chi connectivity index (χ0v) is 21.2. The lowest BCUT2D eigenvalue weighted by atomic mass is 9.99. The van der Waals surface area contributed by atoms with Crippen LogP contribution in [0.4, 0.5) is 5.69 Å². The van der Waals surface area contributed by atoms with Gasteiger partial charge in [0.1, 0.15) is 11.1 Å². The molecule has 4 nitrogen and oxygen atoms in total. The number of pyridine rings is 1. The third kappa shape index (κ3) is 5.56. The van der Waals surface area contributed by atoms with Crippen LogP contribution in [0.15, 0.2) is 94.4 Å². The van der Waals surface area contributed by atoms with Crippen LogP contribution >= 0.6 is 27.7 Å². The molecule has 0 bridgehead atoms. The summed E-state index contributed by atoms with van der Waals surface area (Å²) in [4.78, 5) is 17.7. The van der Waals surface area contributed by atoms with Crippen LogP contribution in [0.5, 0.6) is 0 Å². The van der Waals surface area contributed by atoms with Gasteiger partial charge in [0, 0.05) is 21.3 Å². The van der Waals surface area contributed by atoms with Crippen LogP contribution in [-0.2, 0) is 4.79 Å². The van der Waals surface area contributed by atoms with Gasteiger partial charge in [-0.3, -0.25) is 4.79 Å². The van der Waals surface area contributed by atoms with Gasteiger partial charge in [0.25, 0.3) is 0 Å². The summed E-state index contributed by atoms with van der Waals surface area (Å²) < 4.78 is 0.976. The van der Waals surface area contributed by atoms with Gasteiger partial charge in [0.2, 0.25) is 5.91 Å². The maximum absolute atomic E-state index is 12.9. The Bertz CT molecular complexity index is 1350. The topological polar surface area (TPSA) is 65.8 Å². The van der Waals surface area contributed by atoms with Crippen molar-refractivity contribution < 1.29 is 4.79 Å². The van der Waals surface area contributed by atoms with Crippen LogP contribution in [0.25, 0.3) is 22.4 Å². The van der Waals surface area contributed by atoms with Gasteiger partial charge >= 0.3 is 0 Å². The third-order valence-electron chi connectivity index (χ3n) is 5.30. The molecule has 3 aromatic carbocycles. The van der Waals surface area contributed by atoms with Crippen molar-refractivity contribution in [3.05, 3.63) is 101 Å². The largest absolute Gasteiger partial charge is 0.325 e. The van der Waals surface area contributed by atoms with Crippen LogP contribution < -0.4 is 5.32 Å². The van der Waals surface area contributed by atoms with E-state index >= 15 is 0 Å². The highest BCUT2D eigenvalue weighted by Crippen LogP contribution is 2.36. The van der Waals surface area contributed by atoms with Crippen molar-refractivity contribution in [2.45, 2.75) is 24.1 Å². The first-order chi connectivity index (χ1) is 16.4. The predicted octanol–water partition coefficient (Wildman–Crippen LogP) is 7.48. The standard InChI is InChI=1S/C28H22BrN3OS/c1-18-8-14-23(15-9-18)31-27(33)19(2)34-28-25(17-30)24(20-6-4-3-5-7-20)16-26(32-28)21-10-12-22(29)13-11-21/h3-16,19H,1-2H3,(H,31,33)/t19-/m1/s1. The first-order valence-corrected chi connectivity index (χ1v) is 12.4. The lowest BCUT2D eigenvalue weighted by Crippen LogP contribution is -2.22. The van der Waals surface area contributed by atoms with Gasteiger partial charge in [-0.25, -0.2) is 4.98 Å². The number of halogens is 1. The zero-order chi connectivity index (χ0) is 24.1. The van der Waals surface area contributed by atoms with E-state index in [1.807, 2.05) is 98.8 Å². The second kappa shape index (κ2) is 10.7. The van der Waals surface area contributed by atoms with Crippen LogP contribution in [0.1, 0.15) is 18.1 Å². The van der Waals surface area contributed by atoms with E-state index in [1.54, 1.807) is 0 Å². The molecule has 1 heterocycles. The summed E-state index contributed by atoms with van der Waals surface area (Å²) in [5.41, 5.74) is 5.74. The van der Waals surface area contributed by atoms with Crippen LogP contribution in [-0.4, -0.2) is 16.1 Å². The second-order valence-corrected chi connectivity index (χ2v) is 10.1. The quantitative estimate of drug-likeness (QED) is 0.264. The molecule has 0 fully saturated rings. The Morgan fingerprint density at radius 3 is 2.32 bits per heavy atom. The van der Waals surface area contributed by atoms with E-state index in [-0.39, 0.29) is 5.91 Å². The van der Waals surface area contributed by atoms with Crippen molar-refractivity contribution in [1.29, 1.82) is 5.26 Å². The van der Waals surface area contributed by atoms with Crippen molar-refractivity contribution in [2.75, 3.05) is 5.32 Å². The summed E-state index contributed by atoms with van der Waals surface area (Å²) in [6.45, 7) is 3.83. The van der Waals surface area contributed by atoms with E-state index in [0.717, 1.165) is 38.1 Å². The minimum atomic E-state index is -0.454. The van der Waals surface area contributed by atoms with E-state index < -0.39 is 5.25 Å². The smallest absolute Gasteiger partial charge is 0.237 e. The molecule has 0 aliphatic heterocycles. The maximum Gasteiger partial charge on any atom is 0.237 e. The van der Waals surface area contributed by atoms with Crippen molar-refractivity contribution in [1.82, 2.24) is 4.98 Å². The molecule has 4 aromatic rings. The highest BCUT2D eigenvalue weighted by molar-refractivity contribution is 9.10. The minimum absolute atomic E-state index is 0.144. The van der Waals surface area contributed by atoms with Gasteiger partial charge in [0.05, 0.1) is 16.5 Å². The molecule has 1 atom stereocenters. The van der Waals surface area contributed by atoms with Gasteiger partial charge in [0.15, 0.2) is 0 Å². The SMILES string of the molecule is Cc1ccc(NC(=O)[C@@H](C)Sc2nc(-c3ccc(Br)cc3)cc(-c3ccccc3)c2C#N)cc1. The summed E-state index contributed by atoms with van der Waals surface area (Å²) in [6, 6.07) is 29.6. The molecule has 0 saturated carbocycles. The molecule has 1 amide bonds. The summed E-state index contributed by atoms with van der Waals surface area (Å²) in [5, 5.41) is 13.1. The molecule has 1 aromatic heterocycles. The lowest BCUT2D eigenvalue weighted by Gasteiger charge is -2.16. The molecule has 0 spiro atoms. The summed E-state index contributed by atoms with van der Waals surface area (Å²) >= 11 is 4.77. The Morgan fingerprint density at radius 1 is 1.00 bits per heavy atom. The van der Waals surface area contributed by atoms with Crippen molar-refractivity contribution in [3.8, 4) is 28.5 Å². The molecule has 1 N–H and O–H groups in total. The lowest BCUT2D eigenvalue weighted by molar-refractivity contribution is -0.115. The average Bonchev–Trinajstić information content (AvgIpc) is 2.86. The fraction of sp³-hybridized carbons (Fsp3) is 0.107. The number of anilines is 1. The number of benzene rings is 3. The van der Waals surface area contributed by atoms with E-state index in [9.17, 15) is 10.1 Å². The number of nitrogens with zero attached hydrogens (tertiary/aromatic N) is 2. The molecule has 34 heavy (non-hydrogen) atoms. The Kier molecular flexibility index (Phi) is 7.46. The number of nitriles is 1. The molecule has 168 valence electrons. The number of hydrogen-bond acceptors (Lipinski definition) is 4. The van der Waals surface area contributed by atoms with Crippen molar-refractivity contribution >= 4 is 39.3 Å². The Balaban J connectivity index is 1.72. The normalized spacial score (nSPS) is 11.5. The number of aromatic nitrogens is 1. The second-order valence-electron chi connectivity index (χ2n) is 7.84. The molecule has 0 unspecified atom stereocenters. The third-order valence-corrected chi connectivity index (χ3v) is 6.91. The summed E-state index contributed by atoms with van der Waals surface area (Å²) in [6.07, 6.45) is 0. The fourth-order valence-electron chi connectivity index (χ4n) is 3.43. The Morgan fingerprint density at radius 2 is 1.68 bits per heavy atom. The molecule has 0 saturated heterocycles. The first-order valence-electron chi connectivity index (χ1n) is 10.8. The number of aryl methyl sites for hydroxylation is 1. The maximum atomic E-state index is 12.9. The number of rotatable bonds is 6. The van der Waals surface area contributed by atoms with Crippen LogP contribution in [0.3, 0.4) is 0 Å². The van der Waals surface area contributed by atoms with E-state index in [2.05, 4.69) is 27.3 Å². The van der Waals surface area contributed by atoms with E-state index in [4.69, 9.17) is 4.98 Å². The van der Waals surface area contributed by atoms with Gasteiger partial charge in [-0.2, -0.15) is 5.26 Å². The van der Waals surface area contributed by atoms with Crippen LogP contribution in [0.2, 0.25) is 0 Å². The Labute approximate surface area is 212 Å². The Hall–Kier alpha value is -3.40. The van der Waals surface area contributed by atoms with Crippen molar-refractivity contribution in [2.24, 2.45) is 0 Å². The average molecular weight is 528 g/mol. The molecule has 0 aliphatic rings. The zero-order valence-electron chi connectivity index (χ0n) is 18.7. The number of nitrogens with one attached hydrogen (secondary N) is 1. The van der Waals surface area contributed by atoms with Gasteiger partial charge < -0.3 is 5.32 Å². The fourth-order valence-corrected chi connectivity index (χ4v) is 4.62. The number of thioether (sulfide) groups is 1. The van der Waals surface area contributed by atoms with E-state index in [0.29, 0.717) is 10.6 Å². The molecular weight excluding hydrogens is 506 g/mol. The van der Waals surface area contributed by atoms with Gasteiger partial charge in [-0.05, 0) is 49.7 Å². The summed E-state index contributed by atoms with van der Waals surface area (Å²) in [7, 11) is 0. The molecule has 0 radical (unpaired) electrons. The molecule has 4 rings (SSSR count). The minimum Gasteiger partial charge on any atom is -0.325 e. The predicted molar refractivity (Wildman–Crippen MR) is 143 cm³/mol. The molecule has 0 aliphatic carbocycles. The van der Waals surface area contributed by atoms with Crippen molar-refractivity contribution in [3.63, 3.8) is 0 Å². The number of hydrogen-bond donors (Lipinski definition) is 1. The first kappa shape index (κ1) is 23.7. The van der Waals surface area contributed by atoms with Crippen LogP contribution in [0, 0.1) is 18.3 Å². The molecular formula is C28H22BrN3OS. The highest BCUT2D eigenvalue weighted by atomic mass is 79.9. The number of carbonyl (C=O) groups excluding carboxylic acids is 1. The number of amides is 1. The monoisotopic (exact) mass is 527 g/mol. The van der Waals surface area contributed by atoms with E-state index in [1.165, 1.54) is 11.8 Å². The van der Waals surface area contributed by atoms with Gasteiger partial charge in [-0.1, -0.05) is 87.9 Å². The summed E-state index contributed by atoms with van der Waals surface area (Å²) in [5.74, 6) is -0.144. The number of carbonyl (C=O) groups is 1.